The number of para-hydroxylation sites is 2. The van der Waals surface area contributed by atoms with Crippen LogP contribution in [-0.4, -0.2) is 24.4 Å². The van der Waals surface area contributed by atoms with Gasteiger partial charge < -0.3 is 14.2 Å². The largest absolute Gasteiger partial charge is 0.495 e. The number of hydrogen-bond donors (Lipinski definition) is 0. The number of carbonyl (C=O) groups is 1. The first-order chi connectivity index (χ1) is 17.4. The highest BCUT2D eigenvalue weighted by Gasteiger charge is 2.35. The van der Waals surface area contributed by atoms with Gasteiger partial charge in [-0.25, -0.2) is 0 Å². The summed E-state index contributed by atoms with van der Waals surface area (Å²) in [7, 11) is 3.16. The van der Waals surface area contributed by atoms with Crippen LogP contribution in [-0.2, 0) is 17.8 Å². The van der Waals surface area contributed by atoms with Crippen LogP contribution in [0.15, 0.2) is 78.2 Å². The van der Waals surface area contributed by atoms with Gasteiger partial charge in [0.25, 0.3) is 5.91 Å². The molecule has 1 saturated heterocycles. The van der Waals surface area contributed by atoms with E-state index in [4.69, 9.17) is 38.0 Å². The summed E-state index contributed by atoms with van der Waals surface area (Å²) in [5.74, 6) is 1.56. The second-order valence-electron chi connectivity index (χ2n) is 7.81. The van der Waals surface area contributed by atoms with E-state index in [1.54, 1.807) is 26.4 Å². The van der Waals surface area contributed by atoms with E-state index in [-0.39, 0.29) is 5.91 Å². The van der Waals surface area contributed by atoms with Crippen molar-refractivity contribution in [2.45, 2.75) is 13.0 Å². The highest BCUT2D eigenvalue weighted by molar-refractivity contribution is 8.27. The van der Waals surface area contributed by atoms with Gasteiger partial charge in [-0.3, -0.25) is 9.69 Å². The summed E-state index contributed by atoms with van der Waals surface area (Å²) in [5, 5.41) is 0.671. The Morgan fingerprint density at radius 2 is 1.78 bits per heavy atom. The quantitative estimate of drug-likeness (QED) is 0.165. The Hall–Kier alpha value is -3.26. The fourth-order valence-electron chi connectivity index (χ4n) is 3.77. The molecule has 0 spiro atoms. The van der Waals surface area contributed by atoms with Crippen LogP contribution in [0, 0.1) is 0 Å². The fourth-order valence-corrected chi connectivity index (χ4v) is 5.18. The van der Waals surface area contributed by atoms with Crippen molar-refractivity contribution in [3.05, 3.63) is 99.9 Å². The van der Waals surface area contributed by atoms with Gasteiger partial charge in [-0.05, 0) is 60.0 Å². The molecule has 8 heteroatoms. The van der Waals surface area contributed by atoms with Crippen molar-refractivity contribution in [3.63, 3.8) is 0 Å². The highest BCUT2D eigenvalue weighted by Crippen LogP contribution is 2.41. The van der Waals surface area contributed by atoms with Crippen LogP contribution in [0.2, 0.25) is 5.02 Å². The minimum absolute atomic E-state index is 0.207. The van der Waals surface area contributed by atoms with E-state index in [1.165, 1.54) is 16.7 Å². The van der Waals surface area contributed by atoms with Crippen LogP contribution in [0.3, 0.4) is 0 Å². The maximum atomic E-state index is 13.3. The number of hydrogen-bond acceptors (Lipinski definition) is 6. The number of nitrogens with zero attached hydrogens (tertiary/aromatic N) is 1. The smallest absolute Gasteiger partial charge is 0.270 e. The van der Waals surface area contributed by atoms with E-state index in [0.717, 1.165) is 16.7 Å². The average Bonchev–Trinajstić information content (AvgIpc) is 3.16. The number of carbonyl (C=O) groups excluding carboxylic acids is 1. The number of allylic oxidation sites excluding steroid dienone is 1. The first-order valence-corrected chi connectivity index (χ1v) is 12.7. The number of ether oxygens (including phenoxy) is 3. The molecule has 0 bridgehead atoms. The number of methoxy groups -OCH3 is 2. The van der Waals surface area contributed by atoms with Gasteiger partial charge in [0.15, 0.2) is 15.8 Å². The number of anilines is 1. The maximum Gasteiger partial charge on any atom is 0.270 e. The highest BCUT2D eigenvalue weighted by atomic mass is 35.5. The molecule has 1 amide bonds. The molecule has 1 heterocycles. The molecule has 1 fully saturated rings. The van der Waals surface area contributed by atoms with Gasteiger partial charge in [-0.2, -0.15) is 0 Å². The summed E-state index contributed by atoms with van der Waals surface area (Å²) in [5.41, 5.74) is 3.28. The van der Waals surface area contributed by atoms with Crippen molar-refractivity contribution >= 4 is 57.6 Å². The Morgan fingerprint density at radius 3 is 2.47 bits per heavy atom. The third-order valence-corrected chi connectivity index (χ3v) is 7.01. The van der Waals surface area contributed by atoms with Crippen LogP contribution in [0.4, 0.5) is 5.69 Å². The molecule has 1 aliphatic rings. The van der Waals surface area contributed by atoms with Crippen LogP contribution in [0.25, 0.3) is 6.08 Å². The van der Waals surface area contributed by atoms with Gasteiger partial charge in [0.2, 0.25) is 0 Å². The van der Waals surface area contributed by atoms with Crippen LogP contribution < -0.4 is 19.1 Å². The Balaban J connectivity index is 1.65. The van der Waals surface area contributed by atoms with E-state index in [1.807, 2.05) is 60.7 Å². The Labute approximate surface area is 225 Å². The number of thiocarbonyl (C=S) groups is 1. The molecule has 0 N–H and O–H groups in total. The maximum absolute atomic E-state index is 13.3. The molecular weight excluding hydrogens is 514 g/mol. The predicted molar refractivity (Wildman–Crippen MR) is 151 cm³/mol. The zero-order valence-electron chi connectivity index (χ0n) is 19.8. The predicted octanol–water partition coefficient (Wildman–Crippen LogP) is 7.07. The van der Waals surface area contributed by atoms with Crippen molar-refractivity contribution in [1.82, 2.24) is 0 Å². The van der Waals surface area contributed by atoms with E-state index in [2.05, 4.69) is 6.58 Å². The lowest BCUT2D eigenvalue weighted by Gasteiger charge is -2.17. The zero-order chi connectivity index (χ0) is 25.7. The van der Waals surface area contributed by atoms with Crippen LogP contribution >= 0.6 is 35.6 Å². The molecule has 0 atom stereocenters. The Bertz CT molecular complexity index is 1340. The number of thioether (sulfide) groups is 1. The van der Waals surface area contributed by atoms with E-state index < -0.39 is 0 Å². The van der Waals surface area contributed by atoms with Gasteiger partial charge in [0, 0.05) is 10.6 Å². The summed E-state index contributed by atoms with van der Waals surface area (Å²) in [6.07, 6.45) is 4.18. The molecule has 36 heavy (non-hydrogen) atoms. The molecule has 0 saturated carbocycles. The molecule has 0 unspecified atom stereocenters. The summed E-state index contributed by atoms with van der Waals surface area (Å²) in [4.78, 5) is 15.3. The summed E-state index contributed by atoms with van der Waals surface area (Å²) >= 11 is 12.8. The summed E-state index contributed by atoms with van der Waals surface area (Å²) < 4.78 is 17.7. The normalized spacial score (nSPS) is 14.3. The second-order valence-corrected chi connectivity index (χ2v) is 9.92. The molecular formula is C28H24ClNO4S2. The SMILES string of the molecule is C=CCc1cc(/C=C2\SC(=S)N(c3ccccc3OC)C2=O)cc(OC)c1OCc1ccc(Cl)cc1. The minimum atomic E-state index is -0.207. The van der Waals surface area contributed by atoms with Gasteiger partial charge >= 0.3 is 0 Å². The van der Waals surface area contributed by atoms with E-state index in [0.29, 0.717) is 50.2 Å². The lowest BCUT2D eigenvalue weighted by molar-refractivity contribution is -0.113. The van der Waals surface area contributed by atoms with Crippen molar-refractivity contribution in [2.24, 2.45) is 0 Å². The lowest BCUT2D eigenvalue weighted by Crippen LogP contribution is -2.27. The first kappa shape index (κ1) is 25.8. The molecule has 3 aromatic rings. The van der Waals surface area contributed by atoms with Crippen molar-refractivity contribution in [2.75, 3.05) is 19.1 Å². The fraction of sp³-hybridized carbons (Fsp3) is 0.143. The topological polar surface area (TPSA) is 48.0 Å². The van der Waals surface area contributed by atoms with E-state index >= 15 is 0 Å². The molecule has 5 nitrogen and oxygen atoms in total. The standard InChI is InChI=1S/C28H24ClNO4S2/c1-4-7-20-14-19(15-24(33-3)26(20)34-17-18-10-12-21(29)13-11-18)16-25-27(31)30(28(35)36-25)22-8-5-6-9-23(22)32-2/h4-6,8-16H,1,7,17H2,2-3H3/b25-16-. The second kappa shape index (κ2) is 11.6. The van der Waals surface area contributed by atoms with Gasteiger partial charge in [0.05, 0.1) is 24.8 Å². The molecule has 184 valence electrons. The van der Waals surface area contributed by atoms with Gasteiger partial charge in [0.1, 0.15) is 12.4 Å². The summed E-state index contributed by atoms with van der Waals surface area (Å²) in [6, 6.07) is 18.6. The molecule has 0 aromatic heterocycles. The van der Waals surface area contributed by atoms with E-state index in [9.17, 15) is 4.79 Å². The van der Waals surface area contributed by atoms with Crippen molar-refractivity contribution in [3.8, 4) is 17.2 Å². The minimum Gasteiger partial charge on any atom is -0.495 e. The number of halogens is 1. The number of benzene rings is 3. The third-order valence-electron chi connectivity index (χ3n) is 5.45. The van der Waals surface area contributed by atoms with Crippen LogP contribution in [0.5, 0.6) is 17.2 Å². The molecule has 0 aliphatic carbocycles. The summed E-state index contributed by atoms with van der Waals surface area (Å²) in [6.45, 7) is 4.23. The Morgan fingerprint density at radius 1 is 1.06 bits per heavy atom. The third kappa shape index (κ3) is 5.59. The molecule has 0 radical (unpaired) electrons. The van der Waals surface area contributed by atoms with Crippen molar-refractivity contribution < 1.29 is 19.0 Å². The number of rotatable bonds is 9. The molecule has 1 aliphatic heterocycles. The number of amides is 1. The lowest BCUT2D eigenvalue weighted by atomic mass is 10.0. The van der Waals surface area contributed by atoms with Gasteiger partial charge in [-0.1, -0.05) is 65.9 Å². The Kier molecular flexibility index (Phi) is 8.36. The van der Waals surface area contributed by atoms with Gasteiger partial charge in [-0.15, -0.1) is 6.58 Å². The molecule has 3 aromatic carbocycles. The average molecular weight is 538 g/mol. The first-order valence-electron chi connectivity index (χ1n) is 11.0. The van der Waals surface area contributed by atoms with Crippen molar-refractivity contribution in [1.29, 1.82) is 0 Å². The monoisotopic (exact) mass is 537 g/mol. The van der Waals surface area contributed by atoms with Crippen LogP contribution in [0.1, 0.15) is 16.7 Å². The molecule has 4 rings (SSSR count). The zero-order valence-corrected chi connectivity index (χ0v) is 22.2.